The molecule has 0 aliphatic carbocycles. The van der Waals surface area contributed by atoms with E-state index in [1.54, 1.807) is 12.3 Å². The van der Waals surface area contributed by atoms with E-state index < -0.39 is 0 Å². The van der Waals surface area contributed by atoms with Crippen molar-refractivity contribution in [1.29, 1.82) is 0 Å². The Labute approximate surface area is 164 Å². The van der Waals surface area contributed by atoms with Gasteiger partial charge < -0.3 is 10.7 Å². The third-order valence-electron chi connectivity index (χ3n) is 5.22. The second kappa shape index (κ2) is 8.50. The summed E-state index contributed by atoms with van der Waals surface area (Å²) in [5.41, 5.74) is 8.80. The molecule has 0 unspecified atom stereocenters. The largest absolute Gasteiger partial charge is 0.328 e. The lowest BCUT2D eigenvalue weighted by Gasteiger charge is -2.30. The smallest absolute Gasteiger partial charge is 0.251 e. The van der Waals surface area contributed by atoms with Crippen molar-refractivity contribution >= 4 is 0 Å². The molecule has 7 nitrogen and oxygen atoms in total. The zero-order valence-electron chi connectivity index (χ0n) is 15.9. The van der Waals surface area contributed by atoms with Gasteiger partial charge in [0.25, 0.3) is 5.56 Å². The average Bonchev–Trinajstić information content (AvgIpc) is 3.22. The van der Waals surface area contributed by atoms with Gasteiger partial charge in [-0.2, -0.15) is 5.10 Å². The van der Waals surface area contributed by atoms with E-state index in [4.69, 9.17) is 5.73 Å². The fourth-order valence-corrected chi connectivity index (χ4v) is 3.57. The fraction of sp³-hybridized carbons (Fsp3) is 0.381. The number of likely N-dealkylation sites (tertiary alicyclic amines) is 1. The normalized spacial score (nSPS) is 15.8. The molecule has 1 aliphatic heterocycles. The second-order valence-electron chi connectivity index (χ2n) is 7.41. The molecule has 1 aromatic carbocycles. The fourth-order valence-electron chi connectivity index (χ4n) is 3.57. The minimum absolute atomic E-state index is 0.130. The maximum atomic E-state index is 12.1. The third kappa shape index (κ3) is 4.74. The lowest BCUT2D eigenvalue weighted by molar-refractivity contribution is 0.205. The Morgan fingerprint density at radius 3 is 2.68 bits per heavy atom. The van der Waals surface area contributed by atoms with E-state index in [0.717, 1.165) is 43.7 Å². The SMILES string of the molecule is NC1CCN(Cc2ccc(-c3nc(CCn4cccn4)cc(=O)[nH]3)cc2)CC1. The number of nitrogens with zero attached hydrogens (tertiary/aromatic N) is 4. The van der Waals surface area contributed by atoms with Crippen LogP contribution in [0.15, 0.2) is 53.6 Å². The van der Waals surface area contributed by atoms with Crippen molar-refractivity contribution in [3.8, 4) is 11.4 Å². The summed E-state index contributed by atoms with van der Waals surface area (Å²) in [4.78, 5) is 22.0. The first-order valence-corrected chi connectivity index (χ1v) is 9.80. The van der Waals surface area contributed by atoms with Gasteiger partial charge in [0.2, 0.25) is 0 Å². The summed E-state index contributed by atoms with van der Waals surface area (Å²) in [5, 5.41) is 4.19. The molecular formula is C21H26N6O. The van der Waals surface area contributed by atoms with Gasteiger partial charge in [-0.05, 0) is 37.6 Å². The molecule has 28 heavy (non-hydrogen) atoms. The van der Waals surface area contributed by atoms with Crippen LogP contribution in [0.1, 0.15) is 24.1 Å². The Balaban J connectivity index is 1.44. The molecule has 3 N–H and O–H groups in total. The quantitative estimate of drug-likeness (QED) is 0.682. The summed E-state index contributed by atoms with van der Waals surface area (Å²) >= 11 is 0. The zero-order chi connectivity index (χ0) is 19.3. The Hall–Kier alpha value is -2.77. The molecule has 0 spiro atoms. The predicted molar refractivity (Wildman–Crippen MR) is 109 cm³/mol. The van der Waals surface area contributed by atoms with Crippen LogP contribution in [0.4, 0.5) is 0 Å². The van der Waals surface area contributed by atoms with E-state index in [-0.39, 0.29) is 5.56 Å². The van der Waals surface area contributed by atoms with Crippen LogP contribution < -0.4 is 11.3 Å². The van der Waals surface area contributed by atoms with Gasteiger partial charge in [0.15, 0.2) is 0 Å². The summed E-state index contributed by atoms with van der Waals surface area (Å²) in [6.07, 6.45) is 6.44. The molecule has 0 amide bonds. The third-order valence-corrected chi connectivity index (χ3v) is 5.22. The van der Waals surface area contributed by atoms with Crippen molar-refractivity contribution in [3.05, 3.63) is 70.4 Å². The first-order valence-electron chi connectivity index (χ1n) is 9.80. The zero-order valence-corrected chi connectivity index (χ0v) is 15.9. The van der Waals surface area contributed by atoms with E-state index in [2.05, 4.69) is 32.1 Å². The molecule has 4 rings (SSSR count). The molecule has 0 atom stereocenters. The van der Waals surface area contributed by atoms with Gasteiger partial charge in [0, 0.05) is 49.6 Å². The summed E-state index contributed by atoms with van der Waals surface area (Å²) in [6, 6.07) is 12.1. The second-order valence-corrected chi connectivity index (χ2v) is 7.41. The van der Waals surface area contributed by atoms with Crippen LogP contribution >= 0.6 is 0 Å². The molecule has 1 saturated heterocycles. The van der Waals surface area contributed by atoms with Crippen LogP contribution in [0.25, 0.3) is 11.4 Å². The monoisotopic (exact) mass is 378 g/mol. The average molecular weight is 378 g/mol. The molecule has 1 aliphatic rings. The van der Waals surface area contributed by atoms with Gasteiger partial charge in [-0.25, -0.2) is 4.98 Å². The number of benzene rings is 1. The van der Waals surface area contributed by atoms with Crippen LogP contribution in [0.2, 0.25) is 0 Å². The minimum Gasteiger partial charge on any atom is -0.328 e. The molecule has 146 valence electrons. The van der Waals surface area contributed by atoms with Crippen LogP contribution in [0.5, 0.6) is 0 Å². The van der Waals surface area contributed by atoms with Gasteiger partial charge in [0.05, 0.1) is 5.69 Å². The van der Waals surface area contributed by atoms with Crippen LogP contribution in [-0.2, 0) is 19.5 Å². The van der Waals surface area contributed by atoms with Crippen molar-refractivity contribution < 1.29 is 0 Å². The van der Waals surface area contributed by atoms with Gasteiger partial charge in [-0.3, -0.25) is 14.4 Å². The number of rotatable bonds is 6. The minimum atomic E-state index is -0.130. The van der Waals surface area contributed by atoms with E-state index in [1.165, 1.54) is 5.56 Å². The van der Waals surface area contributed by atoms with Crippen LogP contribution in [0.3, 0.4) is 0 Å². The van der Waals surface area contributed by atoms with Gasteiger partial charge >= 0.3 is 0 Å². The summed E-state index contributed by atoms with van der Waals surface area (Å²) in [6.45, 7) is 3.73. The number of aromatic nitrogens is 4. The first kappa shape index (κ1) is 18.6. The number of hydrogen-bond donors (Lipinski definition) is 2. The lowest BCUT2D eigenvalue weighted by Crippen LogP contribution is -2.39. The Bertz CT molecular complexity index is 940. The molecule has 2 aromatic heterocycles. The number of nitrogens with one attached hydrogen (secondary N) is 1. The Morgan fingerprint density at radius 1 is 1.18 bits per heavy atom. The van der Waals surface area contributed by atoms with Crippen molar-refractivity contribution in [2.24, 2.45) is 5.73 Å². The molecular weight excluding hydrogens is 352 g/mol. The van der Waals surface area contributed by atoms with Gasteiger partial charge in [0.1, 0.15) is 5.82 Å². The lowest BCUT2D eigenvalue weighted by atomic mass is 10.0. The number of nitrogens with two attached hydrogens (primary N) is 1. The topological polar surface area (TPSA) is 92.8 Å². The summed E-state index contributed by atoms with van der Waals surface area (Å²) < 4.78 is 1.84. The van der Waals surface area contributed by atoms with E-state index in [1.807, 2.05) is 29.1 Å². The van der Waals surface area contributed by atoms with E-state index in [0.29, 0.717) is 24.8 Å². The molecule has 1 fully saturated rings. The molecule has 0 bridgehead atoms. The number of hydrogen-bond acceptors (Lipinski definition) is 5. The maximum Gasteiger partial charge on any atom is 0.251 e. The van der Waals surface area contributed by atoms with E-state index >= 15 is 0 Å². The molecule has 3 heterocycles. The number of piperidine rings is 1. The molecule has 0 radical (unpaired) electrons. The summed E-state index contributed by atoms with van der Waals surface area (Å²) in [5.74, 6) is 0.610. The first-order chi connectivity index (χ1) is 13.7. The van der Waals surface area contributed by atoms with Gasteiger partial charge in [-0.15, -0.1) is 0 Å². The van der Waals surface area contributed by atoms with Crippen molar-refractivity contribution in [3.63, 3.8) is 0 Å². The highest BCUT2D eigenvalue weighted by atomic mass is 16.1. The highest BCUT2D eigenvalue weighted by Gasteiger charge is 2.16. The summed E-state index contributed by atoms with van der Waals surface area (Å²) in [7, 11) is 0. The number of aryl methyl sites for hydroxylation is 2. The van der Waals surface area contributed by atoms with Crippen LogP contribution in [0, 0.1) is 0 Å². The standard InChI is InChI=1S/C21H26N6O/c22-18-6-11-26(12-7-18)15-16-2-4-17(5-3-16)21-24-19(14-20(28)25-21)8-13-27-10-1-9-23-27/h1-5,9-10,14,18H,6-8,11-13,15,22H2,(H,24,25,28). The van der Waals surface area contributed by atoms with Crippen molar-refractivity contribution in [2.45, 2.75) is 38.4 Å². The molecule has 3 aromatic rings. The molecule has 7 heteroatoms. The Morgan fingerprint density at radius 2 is 1.96 bits per heavy atom. The predicted octanol–water partition coefficient (Wildman–Crippen LogP) is 1.80. The van der Waals surface area contributed by atoms with Crippen molar-refractivity contribution in [1.82, 2.24) is 24.6 Å². The van der Waals surface area contributed by atoms with Crippen LogP contribution in [-0.4, -0.2) is 43.8 Å². The highest BCUT2D eigenvalue weighted by molar-refractivity contribution is 5.55. The number of aromatic amines is 1. The highest BCUT2D eigenvalue weighted by Crippen LogP contribution is 2.18. The molecule has 0 saturated carbocycles. The number of H-pyrrole nitrogens is 1. The maximum absolute atomic E-state index is 12.1. The van der Waals surface area contributed by atoms with E-state index in [9.17, 15) is 4.79 Å². The van der Waals surface area contributed by atoms with Gasteiger partial charge in [-0.1, -0.05) is 24.3 Å². The van der Waals surface area contributed by atoms with Crippen molar-refractivity contribution in [2.75, 3.05) is 13.1 Å². The Kier molecular flexibility index (Phi) is 5.64.